The molecule has 138 valence electrons. The zero-order valence-corrected chi connectivity index (χ0v) is 14.9. The summed E-state index contributed by atoms with van der Waals surface area (Å²) in [5.41, 5.74) is -0.336. The smallest absolute Gasteiger partial charge is 0.311 e. The topological polar surface area (TPSA) is 108 Å². The predicted octanol–water partition coefficient (Wildman–Crippen LogP) is 0.792. The maximum atomic E-state index is 12.3. The lowest BCUT2D eigenvalue weighted by atomic mass is 9.82. The summed E-state index contributed by atoms with van der Waals surface area (Å²) in [6, 6.07) is 0. The molecule has 1 aliphatic rings. The maximum absolute atomic E-state index is 12.3. The maximum Gasteiger partial charge on any atom is 0.311 e. The summed E-state index contributed by atoms with van der Waals surface area (Å²) < 4.78 is 20.7. The average Bonchev–Trinajstić information content (AvgIpc) is 2.42. The fourth-order valence-corrected chi connectivity index (χ4v) is 2.08. The minimum Gasteiger partial charge on any atom is -0.455 e. The molecule has 0 bridgehead atoms. The van der Waals surface area contributed by atoms with Gasteiger partial charge in [0.15, 0.2) is 6.10 Å². The van der Waals surface area contributed by atoms with Crippen molar-refractivity contribution in [2.24, 2.45) is 11.3 Å². The number of hydrogen-bond donors (Lipinski definition) is 1. The first kappa shape index (κ1) is 20.4. The first-order valence-electron chi connectivity index (χ1n) is 7.78. The summed E-state index contributed by atoms with van der Waals surface area (Å²) in [5.74, 6) is -2.33. The Morgan fingerprint density at radius 1 is 1.04 bits per heavy atom. The van der Waals surface area contributed by atoms with Crippen LogP contribution in [0.15, 0.2) is 0 Å². The van der Waals surface area contributed by atoms with Gasteiger partial charge in [0.1, 0.15) is 6.10 Å². The monoisotopic (exact) mass is 346 g/mol. The van der Waals surface area contributed by atoms with Crippen molar-refractivity contribution < 1.29 is 38.4 Å². The molecule has 0 aromatic heterocycles. The van der Waals surface area contributed by atoms with E-state index in [0.29, 0.717) is 0 Å². The van der Waals surface area contributed by atoms with Crippen molar-refractivity contribution in [3.05, 3.63) is 0 Å². The van der Waals surface area contributed by atoms with Crippen LogP contribution in [0.25, 0.3) is 0 Å². The van der Waals surface area contributed by atoms with Gasteiger partial charge >= 0.3 is 17.9 Å². The number of ether oxygens (including phenoxy) is 4. The van der Waals surface area contributed by atoms with E-state index in [1.807, 2.05) is 20.8 Å². The van der Waals surface area contributed by atoms with Crippen LogP contribution >= 0.6 is 0 Å². The second-order valence-electron chi connectivity index (χ2n) is 6.94. The second-order valence-corrected chi connectivity index (χ2v) is 6.94. The number of carbonyl (C=O) groups excluding carboxylic acids is 3. The van der Waals surface area contributed by atoms with E-state index < -0.39 is 48.4 Å². The Bertz CT molecular complexity index is 481. The van der Waals surface area contributed by atoms with E-state index in [-0.39, 0.29) is 12.0 Å². The first-order valence-corrected chi connectivity index (χ1v) is 7.78. The quantitative estimate of drug-likeness (QED) is 0.588. The Hall–Kier alpha value is -1.67. The molecule has 0 radical (unpaired) electrons. The zero-order chi connectivity index (χ0) is 18.7. The molecular weight excluding hydrogens is 320 g/mol. The highest BCUT2D eigenvalue weighted by atomic mass is 16.7. The number of rotatable bonds is 4. The van der Waals surface area contributed by atoms with Gasteiger partial charge < -0.3 is 24.1 Å². The number of carbonyl (C=O) groups is 3. The molecule has 1 N–H and O–H groups in total. The Morgan fingerprint density at radius 3 is 2.00 bits per heavy atom. The van der Waals surface area contributed by atoms with Crippen molar-refractivity contribution in [1.82, 2.24) is 0 Å². The highest BCUT2D eigenvalue weighted by molar-refractivity contribution is 5.73. The molecular formula is C16H26O8. The molecule has 8 nitrogen and oxygen atoms in total. The number of aliphatic hydroxyl groups is 1. The molecule has 0 aromatic carbocycles. The van der Waals surface area contributed by atoms with E-state index in [4.69, 9.17) is 18.9 Å². The van der Waals surface area contributed by atoms with Crippen molar-refractivity contribution in [3.8, 4) is 0 Å². The van der Waals surface area contributed by atoms with Crippen LogP contribution in [0.5, 0.6) is 0 Å². The second kappa shape index (κ2) is 7.94. The highest BCUT2D eigenvalue weighted by Crippen LogP contribution is 2.29. The molecule has 8 heteroatoms. The van der Waals surface area contributed by atoms with Gasteiger partial charge in [-0.05, 0) is 5.41 Å². The largest absolute Gasteiger partial charge is 0.455 e. The molecule has 0 aliphatic carbocycles. The van der Waals surface area contributed by atoms with Crippen LogP contribution in [0.1, 0.15) is 41.5 Å². The first-order chi connectivity index (χ1) is 10.9. The molecule has 0 aromatic rings. The van der Waals surface area contributed by atoms with Gasteiger partial charge in [-0.2, -0.15) is 0 Å². The minimum absolute atomic E-state index is 0.225. The number of hydrogen-bond acceptors (Lipinski definition) is 8. The third-order valence-corrected chi connectivity index (χ3v) is 3.89. The molecule has 1 heterocycles. The molecule has 1 rings (SSSR count). The van der Waals surface area contributed by atoms with Crippen LogP contribution in [0.4, 0.5) is 0 Å². The molecule has 0 saturated carbocycles. The van der Waals surface area contributed by atoms with Crippen molar-refractivity contribution in [2.75, 3.05) is 6.61 Å². The third-order valence-electron chi connectivity index (χ3n) is 3.89. The van der Waals surface area contributed by atoms with E-state index in [1.165, 1.54) is 0 Å². The molecule has 24 heavy (non-hydrogen) atoms. The van der Waals surface area contributed by atoms with Gasteiger partial charge in [-0.25, -0.2) is 0 Å². The number of aliphatic hydroxyl groups excluding tert-OH is 1. The fourth-order valence-electron chi connectivity index (χ4n) is 2.08. The van der Waals surface area contributed by atoms with E-state index in [9.17, 15) is 19.5 Å². The zero-order valence-electron chi connectivity index (χ0n) is 14.9. The SMILES string of the molecule is CC(=O)OC1C(O)COC(OC(=O)C(C)C(C)(C)C)C1OC(C)=O. The fraction of sp³-hybridized carbons (Fsp3) is 0.812. The Labute approximate surface area is 141 Å². The summed E-state index contributed by atoms with van der Waals surface area (Å²) in [6.45, 7) is 9.46. The van der Waals surface area contributed by atoms with Gasteiger partial charge in [-0.15, -0.1) is 0 Å². The summed E-state index contributed by atoms with van der Waals surface area (Å²) in [5, 5.41) is 9.96. The van der Waals surface area contributed by atoms with E-state index in [0.717, 1.165) is 13.8 Å². The van der Waals surface area contributed by atoms with Crippen LogP contribution in [0.2, 0.25) is 0 Å². The van der Waals surface area contributed by atoms with Crippen LogP contribution in [-0.4, -0.2) is 54.2 Å². The Kier molecular flexibility index (Phi) is 6.74. The molecule has 1 saturated heterocycles. The van der Waals surface area contributed by atoms with Crippen molar-refractivity contribution in [2.45, 2.75) is 66.1 Å². The van der Waals surface area contributed by atoms with E-state index in [2.05, 4.69) is 0 Å². The minimum atomic E-state index is -1.26. The summed E-state index contributed by atoms with van der Waals surface area (Å²) in [6.07, 6.45) is -4.89. The highest BCUT2D eigenvalue weighted by Gasteiger charge is 2.47. The molecule has 1 aliphatic heterocycles. The van der Waals surface area contributed by atoms with Crippen LogP contribution in [-0.2, 0) is 33.3 Å². The summed E-state index contributed by atoms with van der Waals surface area (Å²) in [7, 11) is 0. The van der Waals surface area contributed by atoms with Crippen LogP contribution in [0.3, 0.4) is 0 Å². The van der Waals surface area contributed by atoms with Gasteiger partial charge in [0, 0.05) is 13.8 Å². The Balaban J connectivity index is 2.95. The van der Waals surface area contributed by atoms with Crippen molar-refractivity contribution in [1.29, 1.82) is 0 Å². The molecule has 0 spiro atoms. The van der Waals surface area contributed by atoms with Gasteiger partial charge in [-0.1, -0.05) is 27.7 Å². The summed E-state index contributed by atoms with van der Waals surface area (Å²) >= 11 is 0. The van der Waals surface area contributed by atoms with Crippen LogP contribution < -0.4 is 0 Å². The van der Waals surface area contributed by atoms with E-state index in [1.54, 1.807) is 6.92 Å². The Morgan fingerprint density at radius 2 is 1.54 bits per heavy atom. The normalized spacial score (nSPS) is 28.6. The van der Waals surface area contributed by atoms with Gasteiger partial charge in [0.25, 0.3) is 0 Å². The molecule has 5 unspecified atom stereocenters. The number of esters is 3. The van der Waals surface area contributed by atoms with Crippen molar-refractivity contribution in [3.63, 3.8) is 0 Å². The molecule has 1 fully saturated rings. The summed E-state index contributed by atoms with van der Waals surface area (Å²) in [4.78, 5) is 34.9. The lowest BCUT2D eigenvalue weighted by Crippen LogP contribution is -2.57. The molecule has 5 atom stereocenters. The van der Waals surface area contributed by atoms with Gasteiger partial charge in [0.2, 0.25) is 12.4 Å². The average molecular weight is 346 g/mol. The predicted molar refractivity (Wildman–Crippen MR) is 81.6 cm³/mol. The van der Waals surface area contributed by atoms with E-state index >= 15 is 0 Å². The molecule has 0 amide bonds. The standard InChI is InChI=1S/C16H26O8/c1-8(16(4,5)6)14(20)24-15-13(23-10(3)18)12(22-9(2)17)11(19)7-21-15/h8,11-13,15,19H,7H2,1-6H3. The van der Waals surface area contributed by atoms with Gasteiger partial charge in [0.05, 0.1) is 12.5 Å². The van der Waals surface area contributed by atoms with Crippen molar-refractivity contribution >= 4 is 17.9 Å². The lowest BCUT2D eigenvalue weighted by Gasteiger charge is -2.39. The third kappa shape index (κ3) is 5.45. The van der Waals surface area contributed by atoms with Gasteiger partial charge in [-0.3, -0.25) is 14.4 Å². The van der Waals surface area contributed by atoms with Crippen LogP contribution in [0, 0.1) is 11.3 Å². The lowest BCUT2D eigenvalue weighted by molar-refractivity contribution is -0.273.